The third kappa shape index (κ3) is 5.39. The number of amides is 1. The summed E-state index contributed by atoms with van der Waals surface area (Å²) in [5, 5.41) is 7.45. The van der Waals surface area contributed by atoms with Crippen LogP contribution in [-0.4, -0.2) is 43.6 Å². The lowest BCUT2D eigenvalue weighted by molar-refractivity contribution is -0.120. The summed E-state index contributed by atoms with van der Waals surface area (Å²) in [5.41, 5.74) is 2.93. The highest BCUT2D eigenvalue weighted by molar-refractivity contribution is 5.79. The van der Waals surface area contributed by atoms with Crippen LogP contribution in [0.1, 0.15) is 23.9 Å². The standard InChI is InChI=1S/C20H29N3O4/c1-13(12-23-15(3)7-14(2)22-23)11-21-19(24)10-16-8-17(25-4)20(27-6)18(9-16)26-5/h7-9,13H,10-12H2,1-6H3,(H,21,24)/t13-/m0/s1. The van der Waals surface area contributed by atoms with Gasteiger partial charge in [0.05, 0.1) is 33.4 Å². The Morgan fingerprint density at radius 2 is 1.74 bits per heavy atom. The van der Waals surface area contributed by atoms with E-state index < -0.39 is 0 Å². The summed E-state index contributed by atoms with van der Waals surface area (Å²) in [5.74, 6) is 1.81. The van der Waals surface area contributed by atoms with Crippen LogP contribution in [0.2, 0.25) is 0 Å². The Hall–Kier alpha value is -2.70. The van der Waals surface area contributed by atoms with Gasteiger partial charge in [-0.1, -0.05) is 6.92 Å². The first kappa shape index (κ1) is 20.6. The topological polar surface area (TPSA) is 74.6 Å². The minimum Gasteiger partial charge on any atom is -0.493 e. The van der Waals surface area contributed by atoms with Crippen LogP contribution in [0.25, 0.3) is 0 Å². The average molecular weight is 375 g/mol. The number of ether oxygens (including phenoxy) is 3. The number of benzene rings is 1. The highest BCUT2D eigenvalue weighted by Gasteiger charge is 2.15. The first-order valence-corrected chi connectivity index (χ1v) is 8.94. The lowest BCUT2D eigenvalue weighted by Gasteiger charge is -2.15. The Kier molecular flexibility index (Phi) is 7.10. The molecule has 0 saturated carbocycles. The van der Waals surface area contributed by atoms with Gasteiger partial charge in [-0.25, -0.2) is 0 Å². The second-order valence-corrected chi connectivity index (χ2v) is 6.73. The van der Waals surface area contributed by atoms with Crippen LogP contribution in [0, 0.1) is 19.8 Å². The zero-order valence-electron chi connectivity index (χ0n) is 17.0. The van der Waals surface area contributed by atoms with E-state index in [9.17, 15) is 4.79 Å². The molecule has 0 aliphatic heterocycles. The summed E-state index contributed by atoms with van der Waals surface area (Å²) in [4.78, 5) is 12.3. The van der Waals surface area contributed by atoms with Crippen molar-refractivity contribution in [1.82, 2.24) is 15.1 Å². The monoisotopic (exact) mass is 375 g/mol. The molecule has 2 aromatic rings. The number of carbonyl (C=O) groups is 1. The molecule has 2 rings (SSSR count). The summed E-state index contributed by atoms with van der Waals surface area (Å²) < 4.78 is 17.9. The van der Waals surface area contributed by atoms with Gasteiger partial charge in [0, 0.05) is 18.8 Å². The molecule has 0 saturated heterocycles. The molecule has 27 heavy (non-hydrogen) atoms. The molecule has 1 amide bonds. The van der Waals surface area contributed by atoms with Crippen molar-refractivity contribution in [2.75, 3.05) is 27.9 Å². The highest BCUT2D eigenvalue weighted by atomic mass is 16.5. The van der Waals surface area contributed by atoms with E-state index in [1.165, 1.54) is 0 Å². The largest absolute Gasteiger partial charge is 0.493 e. The van der Waals surface area contributed by atoms with Crippen LogP contribution in [0.5, 0.6) is 17.2 Å². The summed E-state index contributed by atoms with van der Waals surface area (Å²) in [6, 6.07) is 5.64. The number of aromatic nitrogens is 2. The molecule has 1 aromatic heterocycles. The van der Waals surface area contributed by atoms with Gasteiger partial charge in [0.15, 0.2) is 11.5 Å². The van der Waals surface area contributed by atoms with Crippen LogP contribution >= 0.6 is 0 Å². The van der Waals surface area contributed by atoms with Gasteiger partial charge in [0.1, 0.15) is 0 Å². The molecular weight excluding hydrogens is 346 g/mol. The van der Waals surface area contributed by atoms with Gasteiger partial charge in [-0.15, -0.1) is 0 Å². The van der Waals surface area contributed by atoms with Crippen molar-refractivity contribution in [2.45, 2.75) is 33.7 Å². The Morgan fingerprint density at radius 1 is 1.11 bits per heavy atom. The molecule has 148 valence electrons. The Morgan fingerprint density at radius 3 is 2.22 bits per heavy atom. The molecule has 7 nitrogen and oxygen atoms in total. The molecular formula is C20H29N3O4. The third-order valence-electron chi connectivity index (χ3n) is 4.32. The number of carbonyl (C=O) groups excluding carboxylic acids is 1. The van der Waals surface area contributed by atoms with Crippen molar-refractivity contribution < 1.29 is 19.0 Å². The van der Waals surface area contributed by atoms with Gasteiger partial charge in [-0.05, 0) is 43.5 Å². The maximum absolute atomic E-state index is 12.3. The number of aryl methyl sites for hydroxylation is 2. The number of rotatable bonds is 9. The number of hydrogen-bond acceptors (Lipinski definition) is 5. The van der Waals surface area contributed by atoms with Gasteiger partial charge in [0.25, 0.3) is 0 Å². The van der Waals surface area contributed by atoms with E-state index in [0.29, 0.717) is 23.8 Å². The van der Waals surface area contributed by atoms with E-state index in [2.05, 4.69) is 23.4 Å². The van der Waals surface area contributed by atoms with E-state index in [4.69, 9.17) is 14.2 Å². The van der Waals surface area contributed by atoms with Gasteiger partial charge in [0.2, 0.25) is 11.7 Å². The molecule has 7 heteroatoms. The van der Waals surface area contributed by atoms with Crippen molar-refractivity contribution in [3.05, 3.63) is 35.2 Å². The lowest BCUT2D eigenvalue weighted by atomic mass is 10.1. The molecule has 0 spiro atoms. The van der Waals surface area contributed by atoms with Crippen molar-refractivity contribution >= 4 is 5.91 Å². The molecule has 0 radical (unpaired) electrons. The van der Waals surface area contributed by atoms with E-state index in [1.807, 2.05) is 18.5 Å². The third-order valence-corrected chi connectivity index (χ3v) is 4.32. The summed E-state index contributed by atoms with van der Waals surface area (Å²) >= 11 is 0. The zero-order valence-corrected chi connectivity index (χ0v) is 17.0. The van der Waals surface area contributed by atoms with Crippen molar-refractivity contribution in [3.8, 4) is 17.2 Å². The fourth-order valence-electron chi connectivity index (χ4n) is 2.99. The maximum atomic E-state index is 12.3. The normalized spacial score (nSPS) is 11.8. The number of hydrogen-bond donors (Lipinski definition) is 1. The molecule has 0 aliphatic rings. The van der Waals surface area contributed by atoms with Crippen molar-refractivity contribution in [3.63, 3.8) is 0 Å². The summed E-state index contributed by atoms with van der Waals surface area (Å²) in [7, 11) is 4.67. The SMILES string of the molecule is COc1cc(CC(=O)NC[C@H](C)Cn2nc(C)cc2C)cc(OC)c1OC. The second-order valence-electron chi connectivity index (χ2n) is 6.73. The van der Waals surface area contributed by atoms with E-state index in [1.54, 1.807) is 33.5 Å². The molecule has 0 bridgehead atoms. The fourth-order valence-corrected chi connectivity index (χ4v) is 2.99. The number of methoxy groups -OCH3 is 3. The van der Waals surface area contributed by atoms with Crippen LogP contribution in [0.4, 0.5) is 0 Å². The van der Waals surface area contributed by atoms with Crippen LogP contribution in [0.3, 0.4) is 0 Å². The van der Waals surface area contributed by atoms with Gasteiger partial charge >= 0.3 is 0 Å². The molecule has 0 unspecified atom stereocenters. The predicted octanol–water partition coefficient (Wildman–Crippen LogP) is 2.52. The van der Waals surface area contributed by atoms with Crippen LogP contribution in [-0.2, 0) is 17.8 Å². The Balaban J connectivity index is 1.94. The molecule has 0 aliphatic carbocycles. The first-order valence-electron chi connectivity index (χ1n) is 8.94. The highest BCUT2D eigenvalue weighted by Crippen LogP contribution is 2.38. The van der Waals surface area contributed by atoms with E-state index in [-0.39, 0.29) is 18.2 Å². The molecule has 1 aromatic carbocycles. The van der Waals surface area contributed by atoms with Crippen molar-refractivity contribution in [1.29, 1.82) is 0 Å². The van der Waals surface area contributed by atoms with Gasteiger partial charge in [-0.2, -0.15) is 5.10 Å². The Labute approximate surface area is 160 Å². The quantitative estimate of drug-likeness (QED) is 0.729. The van der Waals surface area contributed by atoms with Gasteiger partial charge in [-0.3, -0.25) is 9.48 Å². The van der Waals surface area contributed by atoms with E-state index in [0.717, 1.165) is 23.5 Å². The van der Waals surface area contributed by atoms with Crippen molar-refractivity contribution in [2.24, 2.45) is 5.92 Å². The summed E-state index contributed by atoms with van der Waals surface area (Å²) in [6.45, 7) is 7.46. The van der Waals surface area contributed by atoms with Gasteiger partial charge < -0.3 is 19.5 Å². The smallest absolute Gasteiger partial charge is 0.224 e. The lowest BCUT2D eigenvalue weighted by Crippen LogP contribution is -2.31. The molecule has 1 atom stereocenters. The first-order chi connectivity index (χ1) is 12.9. The predicted molar refractivity (Wildman–Crippen MR) is 104 cm³/mol. The fraction of sp³-hybridized carbons (Fsp3) is 0.500. The average Bonchev–Trinajstić information content (AvgIpc) is 2.95. The Bertz CT molecular complexity index is 761. The number of nitrogens with one attached hydrogen (secondary N) is 1. The number of nitrogens with zero attached hydrogens (tertiary/aromatic N) is 2. The molecule has 1 N–H and O–H groups in total. The second kappa shape index (κ2) is 9.30. The molecule has 1 heterocycles. The summed E-state index contributed by atoms with van der Waals surface area (Å²) in [6.07, 6.45) is 0.239. The van der Waals surface area contributed by atoms with Crippen LogP contribution < -0.4 is 19.5 Å². The van der Waals surface area contributed by atoms with E-state index >= 15 is 0 Å². The minimum absolute atomic E-state index is 0.0514. The van der Waals surface area contributed by atoms with Crippen LogP contribution in [0.15, 0.2) is 18.2 Å². The zero-order chi connectivity index (χ0) is 20.0. The molecule has 0 fully saturated rings. The minimum atomic E-state index is -0.0514. The maximum Gasteiger partial charge on any atom is 0.224 e.